The van der Waals surface area contributed by atoms with Gasteiger partial charge in [-0.3, -0.25) is 4.79 Å². The Morgan fingerprint density at radius 3 is 3.00 bits per heavy atom. The van der Waals surface area contributed by atoms with Crippen molar-refractivity contribution in [3.63, 3.8) is 0 Å². The zero-order chi connectivity index (χ0) is 9.84. The predicted octanol–water partition coefficient (Wildman–Crippen LogP) is 0.492. The Hall–Kier alpha value is -1.62. The number of aliphatic hydroxyl groups excluding tert-OH is 1. The molecule has 0 bridgehead atoms. The zero-order valence-corrected chi connectivity index (χ0v) is 6.92. The van der Waals surface area contributed by atoms with E-state index >= 15 is 0 Å². The van der Waals surface area contributed by atoms with E-state index < -0.39 is 12.1 Å². The smallest absolute Gasteiger partial charge is 0.306 e. The third-order valence-electron chi connectivity index (χ3n) is 1.56. The summed E-state index contributed by atoms with van der Waals surface area (Å²) in [6.45, 7) is 3.47. The van der Waals surface area contributed by atoms with Crippen molar-refractivity contribution in [2.24, 2.45) is 0 Å². The van der Waals surface area contributed by atoms with Gasteiger partial charge in [0.2, 0.25) is 0 Å². The first-order valence-electron chi connectivity index (χ1n) is 3.70. The van der Waals surface area contributed by atoms with Crippen molar-refractivity contribution >= 4 is 12.2 Å². The second-order valence-electron chi connectivity index (χ2n) is 2.55. The van der Waals surface area contributed by atoms with Crippen LogP contribution in [0.4, 0.5) is 0 Å². The van der Waals surface area contributed by atoms with Crippen molar-refractivity contribution in [1.82, 2.24) is 9.78 Å². The van der Waals surface area contributed by atoms with Crippen LogP contribution in [0.5, 0.6) is 0 Å². The number of aliphatic carboxylic acids is 1. The topological polar surface area (TPSA) is 75.4 Å². The van der Waals surface area contributed by atoms with E-state index in [9.17, 15) is 9.90 Å². The van der Waals surface area contributed by atoms with Crippen molar-refractivity contribution in [2.75, 3.05) is 0 Å². The molecule has 1 unspecified atom stereocenters. The molecule has 1 aromatic rings. The van der Waals surface area contributed by atoms with E-state index in [1.165, 1.54) is 23.3 Å². The summed E-state index contributed by atoms with van der Waals surface area (Å²) >= 11 is 0. The van der Waals surface area contributed by atoms with Gasteiger partial charge in [0.15, 0.2) is 0 Å². The standard InChI is InChI=1S/C8H10N2O3/c1-2-10-5-6(4-9-10)7(11)3-8(12)13/h2,4-5,7,11H,1,3H2,(H,12,13). The highest BCUT2D eigenvalue weighted by molar-refractivity contribution is 5.67. The summed E-state index contributed by atoms with van der Waals surface area (Å²) in [5.41, 5.74) is 0.474. The minimum atomic E-state index is -1.04. The van der Waals surface area contributed by atoms with Crippen LogP contribution in [0, 0.1) is 0 Å². The maximum atomic E-state index is 10.3. The van der Waals surface area contributed by atoms with Crippen LogP contribution in [0.2, 0.25) is 0 Å². The average Bonchev–Trinajstić information content (AvgIpc) is 2.50. The van der Waals surface area contributed by atoms with Crippen molar-refractivity contribution < 1.29 is 15.0 Å². The SMILES string of the molecule is C=Cn1cc(C(O)CC(=O)O)cn1. The van der Waals surface area contributed by atoms with Crippen LogP contribution in [-0.2, 0) is 4.79 Å². The molecule has 1 aromatic heterocycles. The van der Waals surface area contributed by atoms with Crippen LogP contribution in [0.25, 0.3) is 6.20 Å². The molecule has 1 atom stereocenters. The van der Waals surface area contributed by atoms with Crippen molar-refractivity contribution in [2.45, 2.75) is 12.5 Å². The molecule has 0 fully saturated rings. The molecule has 0 amide bonds. The Bertz CT molecular complexity index is 319. The van der Waals surface area contributed by atoms with Crippen LogP contribution >= 0.6 is 0 Å². The van der Waals surface area contributed by atoms with Crippen molar-refractivity contribution in [3.05, 3.63) is 24.5 Å². The van der Waals surface area contributed by atoms with E-state index in [0.29, 0.717) is 5.56 Å². The summed E-state index contributed by atoms with van der Waals surface area (Å²) < 4.78 is 1.40. The molecule has 0 saturated heterocycles. The van der Waals surface area contributed by atoms with E-state index in [1.54, 1.807) is 0 Å². The number of carbonyl (C=O) groups is 1. The molecule has 0 saturated carbocycles. The minimum absolute atomic E-state index is 0.317. The molecule has 1 rings (SSSR count). The van der Waals surface area contributed by atoms with Gasteiger partial charge in [0.05, 0.1) is 18.7 Å². The third kappa shape index (κ3) is 2.41. The first kappa shape index (κ1) is 9.47. The number of carboxylic acid groups (broad SMARTS) is 1. The molecule has 0 aliphatic carbocycles. The van der Waals surface area contributed by atoms with E-state index in [0.717, 1.165) is 0 Å². The number of rotatable bonds is 4. The van der Waals surface area contributed by atoms with Gasteiger partial charge in [0.25, 0.3) is 0 Å². The highest BCUT2D eigenvalue weighted by atomic mass is 16.4. The molecule has 13 heavy (non-hydrogen) atoms. The summed E-state index contributed by atoms with van der Waals surface area (Å²) in [5, 5.41) is 21.5. The lowest BCUT2D eigenvalue weighted by molar-refractivity contribution is -0.139. The number of carboxylic acids is 1. The zero-order valence-electron chi connectivity index (χ0n) is 6.92. The molecule has 70 valence electrons. The molecule has 0 aromatic carbocycles. The molecule has 0 aliphatic heterocycles. The first-order chi connectivity index (χ1) is 6.13. The van der Waals surface area contributed by atoms with Gasteiger partial charge in [-0.2, -0.15) is 5.10 Å². The molecule has 0 spiro atoms. The average molecular weight is 182 g/mol. The quantitative estimate of drug-likeness (QED) is 0.710. The fourth-order valence-corrected chi connectivity index (χ4v) is 0.908. The molecular formula is C8H10N2O3. The van der Waals surface area contributed by atoms with Crippen LogP contribution < -0.4 is 0 Å². The highest BCUT2D eigenvalue weighted by Gasteiger charge is 2.13. The van der Waals surface area contributed by atoms with Gasteiger partial charge in [-0.15, -0.1) is 0 Å². The minimum Gasteiger partial charge on any atom is -0.481 e. The van der Waals surface area contributed by atoms with Crippen LogP contribution in [0.1, 0.15) is 18.1 Å². The lowest BCUT2D eigenvalue weighted by Crippen LogP contribution is -2.04. The summed E-state index contributed by atoms with van der Waals surface area (Å²) in [7, 11) is 0. The van der Waals surface area contributed by atoms with Gasteiger partial charge in [0.1, 0.15) is 0 Å². The largest absolute Gasteiger partial charge is 0.481 e. The lowest BCUT2D eigenvalue weighted by atomic mass is 10.1. The normalized spacial score (nSPS) is 12.4. The molecule has 0 radical (unpaired) electrons. The van der Waals surface area contributed by atoms with Crippen LogP contribution in [-0.4, -0.2) is 26.0 Å². The Morgan fingerprint density at radius 1 is 1.85 bits per heavy atom. The second kappa shape index (κ2) is 3.86. The number of hydrogen-bond acceptors (Lipinski definition) is 3. The van der Waals surface area contributed by atoms with E-state index in [-0.39, 0.29) is 6.42 Å². The maximum Gasteiger partial charge on any atom is 0.306 e. The Morgan fingerprint density at radius 2 is 2.54 bits per heavy atom. The fraction of sp³-hybridized carbons (Fsp3) is 0.250. The molecule has 5 heteroatoms. The molecular weight excluding hydrogens is 172 g/mol. The Balaban J connectivity index is 2.70. The molecule has 1 heterocycles. The molecule has 5 nitrogen and oxygen atoms in total. The van der Waals surface area contributed by atoms with Gasteiger partial charge in [-0.1, -0.05) is 6.58 Å². The summed E-state index contributed by atoms with van der Waals surface area (Å²) in [5.74, 6) is -1.04. The predicted molar refractivity (Wildman–Crippen MR) is 45.8 cm³/mol. The number of aromatic nitrogens is 2. The monoisotopic (exact) mass is 182 g/mol. The highest BCUT2D eigenvalue weighted by Crippen LogP contribution is 2.15. The Labute approximate surface area is 74.9 Å². The number of nitrogens with zero attached hydrogens (tertiary/aromatic N) is 2. The summed E-state index contributed by atoms with van der Waals surface area (Å²) in [4.78, 5) is 10.3. The van der Waals surface area contributed by atoms with Gasteiger partial charge < -0.3 is 10.2 Å². The van der Waals surface area contributed by atoms with E-state index in [2.05, 4.69) is 11.7 Å². The lowest BCUT2D eigenvalue weighted by Gasteiger charge is -2.02. The number of aliphatic hydroxyl groups is 1. The van der Waals surface area contributed by atoms with Crippen molar-refractivity contribution in [1.29, 1.82) is 0 Å². The van der Waals surface area contributed by atoms with Crippen LogP contribution in [0.15, 0.2) is 19.0 Å². The summed E-state index contributed by atoms with van der Waals surface area (Å²) in [6.07, 6.45) is 3.07. The molecule has 2 N–H and O–H groups in total. The van der Waals surface area contributed by atoms with E-state index in [1.807, 2.05) is 0 Å². The third-order valence-corrected chi connectivity index (χ3v) is 1.56. The number of hydrogen-bond donors (Lipinski definition) is 2. The Kier molecular flexibility index (Phi) is 2.81. The van der Waals surface area contributed by atoms with Gasteiger partial charge in [-0.25, -0.2) is 4.68 Å². The second-order valence-corrected chi connectivity index (χ2v) is 2.55. The van der Waals surface area contributed by atoms with Gasteiger partial charge in [0, 0.05) is 18.0 Å². The van der Waals surface area contributed by atoms with Crippen molar-refractivity contribution in [3.8, 4) is 0 Å². The van der Waals surface area contributed by atoms with Gasteiger partial charge >= 0.3 is 5.97 Å². The first-order valence-corrected chi connectivity index (χ1v) is 3.70. The van der Waals surface area contributed by atoms with Crippen LogP contribution in [0.3, 0.4) is 0 Å². The maximum absolute atomic E-state index is 10.3. The van der Waals surface area contributed by atoms with Gasteiger partial charge in [-0.05, 0) is 0 Å². The fourth-order valence-electron chi connectivity index (χ4n) is 0.908. The molecule has 0 aliphatic rings. The van der Waals surface area contributed by atoms with E-state index in [4.69, 9.17) is 5.11 Å². The summed E-state index contributed by atoms with van der Waals surface area (Å²) in [6, 6.07) is 0.